The van der Waals surface area contributed by atoms with Crippen LogP contribution in [0.15, 0.2) is 53.4 Å². The second-order valence-corrected chi connectivity index (χ2v) is 13.0. The Bertz CT molecular complexity index is 1340. The van der Waals surface area contributed by atoms with Crippen LogP contribution < -0.4 is 5.32 Å². The summed E-state index contributed by atoms with van der Waals surface area (Å²) in [4.78, 5) is 16.8. The van der Waals surface area contributed by atoms with Gasteiger partial charge in [0.05, 0.1) is 11.8 Å². The number of allylic oxidation sites excluding steroid dienone is 4. The van der Waals surface area contributed by atoms with E-state index < -0.39 is 34.1 Å². The average Bonchev–Trinajstić information content (AvgIpc) is 3.43. The molecule has 0 radical (unpaired) electrons. The summed E-state index contributed by atoms with van der Waals surface area (Å²) in [6.45, 7) is 6.26. The van der Waals surface area contributed by atoms with Gasteiger partial charge in [0, 0.05) is 28.7 Å². The van der Waals surface area contributed by atoms with Gasteiger partial charge in [-0.3, -0.25) is 4.79 Å². The van der Waals surface area contributed by atoms with Crippen molar-refractivity contribution in [3.05, 3.63) is 70.5 Å². The summed E-state index contributed by atoms with van der Waals surface area (Å²) in [5, 5.41) is 29.7. The second-order valence-electron chi connectivity index (χ2n) is 12.2. The van der Waals surface area contributed by atoms with E-state index in [0.29, 0.717) is 36.6 Å². The Morgan fingerprint density at radius 2 is 1.95 bits per heavy atom. The Labute approximate surface area is 225 Å². The number of ketones is 1. The number of nitrogens with zero attached hydrogens (tertiary/aromatic N) is 1. The first-order valence-electron chi connectivity index (χ1n) is 13.4. The third kappa shape index (κ3) is 3.32. The van der Waals surface area contributed by atoms with E-state index >= 15 is 4.39 Å². The lowest BCUT2D eigenvalue weighted by Crippen LogP contribution is -2.68. The van der Waals surface area contributed by atoms with E-state index in [9.17, 15) is 19.4 Å². The highest BCUT2D eigenvalue weighted by atomic mass is 32.1. The van der Waals surface area contributed by atoms with Crippen molar-refractivity contribution in [3.8, 4) is 0 Å². The zero-order valence-corrected chi connectivity index (χ0v) is 22.7. The number of thiazole rings is 1. The van der Waals surface area contributed by atoms with Crippen molar-refractivity contribution in [1.29, 1.82) is 0 Å². The molecule has 0 bridgehead atoms. The molecule has 1 aromatic heterocycles. The summed E-state index contributed by atoms with van der Waals surface area (Å²) in [7, 11) is 0. The minimum atomic E-state index is -1.92. The van der Waals surface area contributed by atoms with Crippen LogP contribution in [0.2, 0.25) is 0 Å². The number of aromatic nitrogens is 1. The maximum absolute atomic E-state index is 17.4. The first-order valence-corrected chi connectivity index (χ1v) is 14.3. The predicted octanol–water partition coefficient (Wildman–Crippen LogP) is 5.70. The molecule has 1 heterocycles. The molecule has 6 rings (SSSR count). The fourth-order valence-electron chi connectivity index (χ4n) is 8.40. The lowest BCUT2D eigenvalue weighted by Gasteiger charge is -2.62. The van der Waals surface area contributed by atoms with Gasteiger partial charge >= 0.3 is 0 Å². The minimum Gasteiger partial charge on any atom is -0.390 e. The maximum Gasteiger partial charge on any atom is 0.183 e. The van der Waals surface area contributed by atoms with E-state index in [4.69, 9.17) is 4.98 Å². The first kappa shape index (κ1) is 25.8. The van der Waals surface area contributed by atoms with Crippen LogP contribution in [0.25, 0.3) is 0 Å². The van der Waals surface area contributed by atoms with Crippen molar-refractivity contribution in [2.45, 2.75) is 70.4 Å². The number of nitrogens with one attached hydrogen (secondary N) is 1. The molecule has 3 N–H and O–H groups in total. The van der Waals surface area contributed by atoms with Crippen molar-refractivity contribution >= 4 is 22.3 Å². The summed E-state index contributed by atoms with van der Waals surface area (Å²) in [6.07, 6.45) is 5.19. The van der Waals surface area contributed by atoms with Crippen LogP contribution >= 0.6 is 11.3 Å². The second kappa shape index (κ2) is 8.54. The van der Waals surface area contributed by atoms with E-state index in [-0.39, 0.29) is 29.9 Å². The monoisotopic (exact) mass is 540 g/mol. The molecule has 1 aromatic carbocycles. The van der Waals surface area contributed by atoms with Crippen LogP contribution in [0.3, 0.4) is 0 Å². The predicted molar refractivity (Wildman–Crippen MR) is 143 cm³/mol. The molecular formula is C30H34F2N2O3S. The maximum atomic E-state index is 17.4. The van der Waals surface area contributed by atoms with E-state index in [2.05, 4.69) is 5.32 Å². The molecule has 38 heavy (non-hydrogen) atoms. The highest BCUT2D eigenvalue weighted by Gasteiger charge is 2.74. The standard InChI is InChI=1S/C30H34F2N2O3S/c1-17-12-23-22-9-6-19-13-21(35)10-11-27(19,2)29(22,32)25(36)14-28(23,3)30(17,37)24-16-38-26(34-24)33-15-18-4-7-20(31)8-5-18/h4-5,7-8,10-11,13,16-17,22-23,25,36-37H,6,9,12,14-15H2,1-3H3,(H,33,34). The number of aliphatic hydroxyl groups excluding tert-OH is 1. The molecule has 0 spiro atoms. The molecule has 5 nitrogen and oxygen atoms in total. The molecule has 2 aromatic rings. The molecular weight excluding hydrogens is 506 g/mol. The molecule has 0 amide bonds. The minimum absolute atomic E-state index is 0.103. The molecule has 8 unspecified atom stereocenters. The molecule has 3 saturated carbocycles. The first-order chi connectivity index (χ1) is 17.9. The lowest BCUT2D eigenvalue weighted by atomic mass is 9.44. The smallest absolute Gasteiger partial charge is 0.183 e. The molecule has 8 heteroatoms. The number of anilines is 1. The molecule has 4 aliphatic carbocycles. The molecule has 4 aliphatic rings. The number of carbonyl (C=O) groups is 1. The van der Waals surface area contributed by atoms with Gasteiger partial charge < -0.3 is 15.5 Å². The zero-order chi connectivity index (χ0) is 27.1. The number of rotatable bonds is 4. The van der Waals surface area contributed by atoms with Crippen molar-refractivity contribution in [1.82, 2.24) is 4.98 Å². The summed E-state index contributed by atoms with van der Waals surface area (Å²) in [5.41, 5.74) is -2.87. The van der Waals surface area contributed by atoms with Crippen LogP contribution in [0.5, 0.6) is 0 Å². The molecule has 202 valence electrons. The molecule has 0 aliphatic heterocycles. The van der Waals surface area contributed by atoms with Gasteiger partial charge in [-0.2, -0.15) is 0 Å². The number of aliphatic hydroxyl groups is 2. The fourth-order valence-corrected chi connectivity index (χ4v) is 9.16. The Morgan fingerprint density at radius 3 is 2.68 bits per heavy atom. The highest BCUT2D eigenvalue weighted by molar-refractivity contribution is 7.13. The van der Waals surface area contributed by atoms with Gasteiger partial charge in [-0.05, 0) is 74.3 Å². The van der Waals surface area contributed by atoms with Crippen molar-refractivity contribution in [2.75, 3.05) is 5.32 Å². The number of halogens is 2. The normalized spacial score (nSPS) is 41.8. The Hall–Kier alpha value is -2.42. The van der Waals surface area contributed by atoms with Crippen molar-refractivity contribution < 1.29 is 23.8 Å². The third-order valence-corrected chi connectivity index (χ3v) is 11.3. The Morgan fingerprint density at radius 1 is 1.21 bits per heavy atom. The topological polar surface area (TPSA) is 82.5 Å². The molecule has 8 atom stereocenters. The van der Waals surface area contributed by atoms with Gasteiger partial charge in [-0.15, -0.1) is 11.3 Å². The number of hydrogen-bond acceptors (Lipinski definition) is 6. The van der Waals surface area contributed by atoms with Gasteiger partial charge in [-0.1, -0.05) is 37.6 Å². The van der Waals surface area contributed by atoms with Crippen LogP contribution in [-0.4, -0.2) is 32.8 Å². The fraction of sp³-hybridized carbons (Fsp3) is 0.533. The number of alkyl halides is 1. The number of benzene rings is 1. The number of hydrogen-bond donors (Lipinski definition) is 3. The van der Waals surface area contributed by atoms with E-state index in [0.717, 1.165) is 11.1 Å². The average molecular weight is 541 g/mol. The van der Waals surface area contributed by atoms with Gasteiger partial charge in [-0.25, -0.2) is 13.8 Å². The van der Waals surface area contributed by atoms with Crippen LogP contribution in [0, 0.1) is 34.4 Å². The zero-order valence-electron chi connectivity index (χ0n) is 21.9. The largest absolute Gasteiger partial charge is 0.390 e. The lowest BCUT2D eigenvalue weighted by molar-refractivity contribution is -0.223. The van der Waals surface area contributed by atoms with Crippen LogP contribution in [-0.2, 0) is 16.9 Å². The quantitative estimate of drug-likeness (QED) is 0.464. The molecule has 0 saturated heterocycles. The van der Waals surface area contributed by atoms with Crippen LogP contribution in [0.1, 0.15) is 57.7 Å². The Kier molecular flexibility index (Phi) is 5.80. The van der Waals surface area contributed by atoms with Crippen molar-refractivity contribution in [3.63, 3.8) is 0 Å². The van der Waals surface area contributed by atoms with Gasteiger partial charge in [0.1, 0.15) is 11.4 Å². The number of carbonyl (C=O) groups excluding carboxylic acids is 1. The van der Waals surface area contributed by atoms with Crippen LogP contribution in [0.4, 0.5) is 13.9 Å². The van der Waals surface area contributed by atoms with Gasteiger partial charge in [0.2, 0.25) is 0 Å². The third-order valence-electron chi connectivity index (χ3n) is 10.5. The SMILES string of the molecule is CC1CC2C3CCC4=CC(=O)C=CC4(C)C3(F)C(O)CC2(C)C1(O)c1csc(NCc2ccc(F)cc2)n1. The number of fused-ring (bicyclic) bond motifs is 5. The van der Waals surface area contributed by atoms with E-state index in [1.807, 2.05) is 26.2 Å². The Balaban J connectivity index is 1.31. The van der Waals surface area contributed by atoms with Gasteiger partial charge in [0.15, 0.2) is 16.6 Å². The van der Waals surface area contributed by atoms with Crippen molar-refractivity contribution in [2.24, 2.45) is 28.6 Å². The highest BCUT2D eigenvalue weighted by Crippen LogP contribution is 2.72. The summed E-state index contributed by atoms with van der Waals surface area (Å²) in [6, 6.07) is 6.26. The summed E-state index contributed by atoms with van der Waals surface area (Å²) < 4.78 is 30.6. The summed E-state index contributed by atoms with van der Waals surface area (Å²) >= 11 is 1.39. The van der Waals surface area contributed by atoms with E-state index in [1.165, 1.54) is 29.5 Å². The van der Waals surface area contributed by atoms with E-state index in [1.54, 1.807) is 24.3 Å². The summed E-state index contributed by atoms with van der Waals surface area (Å²) in [5.74, 6) is -1.22. The molecule has 3 fully saturated rings. The van der Waals surface area contributed by atoms with Gasteiger partial charge in [0.25, 0.3) is 0 Å².